The minimum Gasteiger partial charge on any atom is -0.481 e. The van der Waals surface area contributed by atoms with Crippen molar-refractivity contribution in [3.05, 3.63) is 34.9 Å². The van der Waals surface area contributed by atoms with Crippen molar-refractivity contribution in [1.29, 1.82) is 0 Å². The summed E-state index contributed by atoms with van der Waals surface area (Å²) in [6, 6.07) is 6.93. The van der Waals surface area contributed by atoms with Gasteiger partial charge in [0.1, 0.15) is 0 Å². The van der Waals surface area contributed by atoms with Crippen LogP contribution in [0.15, 0.2) is 18.2 Å². The standard InChI is InChI=1S/C15H21NO2/c1-10-4-5-14(11(2)6-10)12(3)16-8-13(9-16)7-15(17)18/h4-6,12-13H,7-9H2,1-3H3,(H,17,18). The number of nitrogens with zero attached hydrogens (tertiary/aromatic N) is 1. The molecule has 0 radical (unpaired) electrons. The third-order valence-electron chi connectivity index (χ3n) is 3.87. The van der Waals surface area contributed by atoms with Crippen molar-refractivity contribution in [2.75, 3.05) is 13.1 Å². The van der Waals surface area contributed by atoms with Gasteiger partial charge in [-0.15, -0.1) is 0 Å². The Hall–Kier alpha value is -1.35. The molecule has 0 aromatic heterocycles. The Morgan fingerprint density at radius 2 is 2.11 bits per heavy atom. The minimum absolute atomic E-state index is 0.302. The van der Waals surface area contributed by atoms with Gasteiger partial charge < -0.3 is 5.11 Å². The first-order chi connectivity index (χ1) is 8.47. The maximum absolute atomic E-state index is 10.6. The molecule has 1 saturated heterocycles. The summed E-state index contributed by atoms with van der Waals surface area (Å²) < 4.78 is 0. The van der Waals surface area contributed by atoms with Gasteiger partial charge in [0.05, 0.1) is 6.42 Å². The summed E-state index contributed by atoms with van der Waals surface area (Å²) >= 11 is 0. The van der Waals surface area contributed by atoms with E-state index in [0.717, 1.165) is 13.1 Å². The van der Waals surface area contributed by atoms with E-state index in [4.69, 9.17) is 5.11 Å². The second kappa shape index (κ2) is 5.11. The number of likely N-dealkylation sites (tertiary alicyclic amines) is 1. The van der Waals surface area contributed by atoms with E-state index >= 15 is 0 Å². The molecule has 1 heterocycles. The summed E-state index contributed by atoms with van der Waals surface area (Å²) in [6.07, 6.45) is 0.302. The highest BCUT2D eigenvalue weighted by Gasteiger charge is 2.32. The summed E-state index contributed by atoms with van der Waals surface area (Å²) in [6.45, 7) is 8.26. The lowest BCUT2D eigenvalue weighted by molar-refractivity contribution is -0.139. The van der Waals surface area contributed by atoms with Crippen LogP contribution in [0.25, 0.3) is 0 Å². The number of carbonyl (C=O) groups is 1. The van der Waals surface area contributed by atoms with Gasteiger partial charge in [0, 0.05) is 19.1 Å². The van der Waals surface area contributed by atoms with Gasteiger partial charge in [0.25, 0.3) is 0 Å². The van der Waals surface area contributed by atoms with Gasteiger partial charge in [0.2, 0.25) is 0 Å². The predicted molar refractivity (Wildman–Crippen MR) is 71.6 cm³/mol. The molecule has 1 aliphatic rings. The highest BCUT2D eigenvalue weighted by atomic mass is 16.4. The van der Waals surface area contributed by atoms with E-state index < -0.39 is 5.97 Å². The van der Waals surface area contributed by atoms with E-state index in [1.54, 1.807) is 0 Å². The predicted octanol–water partition coefficient (Wildman–Crippen LogP) is 2.77. The fourth-order valence-electron chi connectivity index (χ4n) is 2.79. The molecule has 1 fully saturated rings. The monoisotopic (exact) mass is 247 g/mol. The van der Waals surface area contributed by atoms with Crippen molar-refractivity contribution < 1.29 is 9.90 Å². The molecule has 18 heavy (non-hydrogen) atoms. The topological polar surface area (TPSA) is 40.5 Å². The Bertz CT molecular complexity index is 450. The van der Waals surface area contributed by atoms with Crippen LogP contribution in [0.2, 0.25) is 0 Å². The molecule has 0 spiro atoms. The number of carboxylic acid groups (broad SMARTS) is 1. The van der Waals surface area contributed by atoms with E-state index in [-0.39, 0.29) is 0 Å². The zero-order chi connectivity index (χ0) is 13.3. The second-order valence-electron chi connectivity index (χ2n) is 5.45. The zero-order valence-corrected chi connectivity index (χ0v) is 11.3. The number of aliphatic carboxylic acids is 1. The summed E-state index contributed by atoms with van der Waals surface area (Å²) in [4.78, 5) is 13.0. The molecule has 98 valence electrons. The van der Waals surface area contributed by atoms with Gasteiger partial charge in [-0.3, -0.25) is 9.69 Å². The van der Waals surface area contributed by atoms with Crippen LogP contribution in [0, 0.1) is 19.8 Å². The van der Waals surface area contributed by atoms with Gasteiger partial charge in [-0.25, -0.2) is 0 Å². The second-order valence-corrected chi connectivity index (χ2v) is 5.45. The molecular weight excluding hydrogens is 226 g/mol. The van der Waals surface area contributed by atoms with Crippen molar-refractivity contribution in [2.45, 2.75) is 33.2 Å². The van der Waals surface area contributed by atoms with Crippen LogP contribution >= 0.6 is 0 Å². The van der Waals surface area contributed by atoms with E-state index in [1.165, 1.54) is 16.7 Å². The zero-order valence-electron chi connectivity index (χ0n) is 11.3. The van der Waals surface area contributed by atoms with Gasteiger partial charge >= 0.3 is 5.97 Å². The number of benzene rings is 1. The SMILES string of the molecule is Cc1ccc(C(C)N2CC(CC(=O)O)C2)c(C)c1. The van der Waals surface area contributed by atoms with Crippen LogP contribution in [0.5, 0.6) is 0 Å². The molecule has 0 bridgehead atoms. The molecule has 0 aliphatic carbocycles. The van der Waals surface area contributed by atoms with Crippen LogP contribution in [0.4, 0.5) is 0 Å². The molecule has 0 amide bonds. The molecule has 0 saturated carbocycles. The smallest absolute Gasteiger partial charge is 0.303 e. The van der Waals surface area contributed by atoms with Gasteiger partial charge in [0.15, 0.2) is 0 Å². The number of rotatable bonds is 4. The largest absolute Gasteiger partial charge is 0.481 e. The van der Waals surface area contributed by atoms with Gasteiger partial charge in [-0.05, 0) is 37.8 Å². The third kappa shape index (κ3) is 2.72. The maximum atomic E-state index is 10.6. The Balaban J connectivity index is 1.97. The molecular formula is C15H21NO2. The van der Waals surface area contributed by atoms with E-state index in [2.05, 4.69) is 43.9 Å². The lowest BCUT2D eigenvalue weighted by Crippen LogP contribution is -2.48. The molecule has 1 atom stereocenters. The van der Waals surface area contributed by atoms with Crippen molar-refractivity contribution in [2.24, 2.45) is 5.92 Å². The lowest BCUT2D eigenvalue weighted by Gasteiger charge is -2.43. The first-order valence-corrected chi connectivity index (χ1v) is 6.50. The molecule has 1 aliphatic heterocycles. The van der Waals surface area contributed by atoms with Crippen LogP contribution in [-0.4, -0.2) is 29.1 Å². The molecule has 1 aromatic rings. The summed E-state index contributed by atoms with van der Waals surface area (Å²) in [5.41, 5.74) is 3.97. The number of aryl methyl sites for hydroxylation is 2. The summed E-state index contributed by atoms with van der Waals surface area (Å²) in [5, 5.41) is 8.75. The number of hydrogen-bond acceptors (Lipinski definition) is 2. The molecule has 1 aromatic carbocycles. The summed E-state index contributed by atoms with van der Waals surface area (Å²) in [5.74, 6) is -0.352. The van der Waals surface area contributed by atoms with Crippen molar-refractivity contribution in [3.63, 3.8) is 0 Å². The Kier molecular flexibility index (Phi) is 3.71. The highest BCUT2D eigenvalue weighted by molar-refractivity contribution is 5.67. The molecule has 1 unspecified atom stereocenters. The average Bonchev–Trinajstić information content (AvgIpc) is 2.21. The van der Waals surface area contributed by atoms with Crippen molar-refractivity contribution >= 4 is 5.97 Å². The quantitative estimate of drug-likeness (QED) is 0.889. The fourth-order valence-corrected chi connectivity index (χ4v) is 2.79. The molecule has 2 rings (SSSR count). The van der Waals surface area contributed by atoms with E-state index in [0.29, 0.717) is 18.4 Å². The molecule has 3 heteroatoms. The Morgan fingerprint density at radius 1 is 1.44 bits per heavy atom. The van der Waals surface area contributed by atoms with Crippen molar-refractivity contribution in [3.8, 4) is 0 Å². The molecule has 3 nitrogen and oxygen atoms in total. The number of hydrogen-bond donors (Lipinski definition) is 1. The Morgan fingerprint density at radius 3 is 2.67 bits per heavy atom. The highest BCUT2D eigenvalue weighted by Crippen LogP contribution is 2.31. The van der Waals surface area contributed by atoms with Crippen LogP contribution < -0.4 is 0 Å². The van der Waals surface area contributed by atoms with E-state index in [9.17, 15) is 4.79 Å². The van der Waals surface area contributed by atoms with Gasteiger partial charge in [-0.1, -0.05) is 23.8 Å². The number of carboxylic acids is 1. The van der Waals surface area contributed by atoms with E-state index in [1.807, 2.05) is 0 Å². The first kappa shape index (κ1) is 13.1. The maximum Gasteiger partial charge on any atom is 0.303 e. The van der Waals surface area contributed by atoms with Crippen molar-refractivity contribution in [1.82, 2.24) is 4.90 Å². The fraction of sp³-hybridized carbons (Fsp3) is 0.533. The Labute approximate surface area is 108 Å². The minimum atomic E-state index is -0.682. The van der Waals surface area contributed by atoms with Crippen LogP contribution in [0.1, 0.15) is 36.1 Å². The van der Waals surface area contributed by atoms with Gasteiger partial charge in [-0.2, -0.15) is 0 Å². The normalized spacial score (nSPS) is 18.4. The molecule has 1 N–H and O–H groups in total. The summed E-state index contributed by atoms with van der Waals surface area (Å²) in [7, 11) is 0. The first-order valence-electron chi connectivity index (χ1n) is 6.50. The average molecular weight is 247 g/mol. The lowest BCUT2D eigenvalue weighted by atomic mass is 9.91. The van der Waals surface area contributed by atoms with Crippen LogP contribution in [-0.2, 0) is 4.79 Å². The van der Waals surface area contributed by atoms with Crippen LogP contribution in [0.3, 0.4) is 0 Å². The third-order valence-corrected chi connectivity index (χ3v) is 3.87.